The van der Waals surface area contributed by atoms with Gasteiger partial charge in [-0.15, -0.1) is 5.10 Å². The first-order valence-corrected chi connectivity index (χ1v) is 21.8. The van der Waals surface area contributed by atoms with Gasteiger partial charge in [-0.25, -0.2) is 4.79 Å². The summed E-state index contributed by atoms with van der Waals surface area (Å²) in [7, 11) is 5.41. The van der Waals surface area contributed by atoms with Gasteiger partial charge in [-0.2, -0.15) is 0 Å². The van der Waals surface area contributed by atoms with Gasteiger partial charge in [0.1, 0.15) is 23.8 Å². The number of nitrogens with one attached hydrogen (secondary N) is 1. The number of benzene rings is 1. The van der Waals surface area contributed by atoms with Crippen molar-refractivity contribution in [3.05, 3.63) is 30.5 Å². The molecule has 1 aromatic heterocycles. The number of nitrogens with zero attached hydrogens (tertiary/aromatic N) is 5. The van der Waals surface area contributed by atoms with Gasteiger partial charge in [0.25, 0.3) is 0 Å². The summed E-state index contributed by atoms with van der Waals surface area (Å²) in [6.07, 6.45) is 0.395. The van der Waals surface area contributed by atoms with Crippen molar-refractivity contribution >= 4 is 23.5 Å². The highest BCUT2D eigenvalue weighted by molar-refractivity contribution is 6.00. The first-order chi connectivity index (χ1) is 28.4. The minimum atomic E-state index is -1.23. The molecule has 3 aliphatic rings. The number of rotatable bonds is 12. The minimum Gasteiger partial charge on any atom is -0.457 e. The highest BCUT2D eigenvalue weighted by Gasteiger charge is 2.59. The summed E-state index contributed by atoms with van der Waals surface area (Å²) in [5.74, 6) is -3.04. The Hall–Kier alpha value is -3.67. The molecule has 4 N–H and O–H groups in total. The van der Waals surface area contributed by atoms with Crippen molar-refractivity contribution in [3.63, 3.8) is 0 Å². The van der Waals surface area contributed by atoms with Gasteiger partial charge in [0.15, 0.2) is 17.7 Å². The van der Waals surface area contributed by atoms with Crippen molar-refractivity contribution in [1.82, 2.24) is 30.1 Å². The first-order valence-electron chi connectivity index (χ1n) is 21.8. The van der Waals surface area contributed by atoms with Gasteiger partial charge in [-0.1, -0.05) is 45.0 Å². The normalized spacial score (nSPS) is 36.0. The number of hydrogen-bond donors (Lipinski definition) is 3. The third kappa shape index (κ3) is 10.3. The molecule has 3 aliphatic heterocycles. The van der Waals surface area contributed by atoms with E-state index in [4.69, 9.17) is 29.4 Å². The summed E-state index contributed by atoms with van der Waals surface area (Å²) in [4.78, 5) is 46.4. The predicted molar refractivity (Wildman–Crippen MR) is 227 cm³/mol. The number of nitrogen functional groups attached to an aromatic ring is 1. The van der Waals surface area contributed by atoms with Gasteiger partial charge in [0.2, 0.25) is 0 Å². The fraction of sp³-hybridized carbons (Fsp3) is 0.750. The molecule has 0 spiro atoms. The van der Waals surface area contributed by atoms with Crippen LogP contribution in [0.1, 0.15) is 93.9 Å². The summed E-state index contributed by atoms with van der Waals surface area (Å²) in [5.41, 5.74) is 5.96. The summed E-state index contributed by atoms with van der Waals surface area (Å²) < 4.78 is 33.5. The Morgan fingerprint density at radius 1 is 1.07 bits per heavy atom. The number of unbranched alkanes of at least 4 members (excludes halogenated alkanes) is 1. The minimum absolute atomic E-state index is 0.0129. The number of cyclic esters (lactones) is 1. The number of ether oxygens (including phenoxy) is 5. The quantitative estimate of drug-likeness (QED) is 0.116. The molecule has 0 saturated carbocycles. The van der Waals surface area contributed by atoms with Gasteiger partial charge >= 0.3 is 12.1 Å². The van der Waals surface area contributed by atoms with E-state index in [1.807, 2.05) is 84.1 Å². The van der Waals surface area contributed by atoms with E-state index in [1.165, 1.54) is 0 Å². The lowest BCUT2D eigenvalue weighted by atomic mass is 9.78. The number of ketones is 1. The number of nitrogens with two attached hydrogens (primary N) is 1. The van der Waals surface area contributed by atoms with Crippen molar-refractivity contribution in [1.29, 1.82) is 0 Å². The molecule has 60 heavy (non-hydrogen) atoms. The molecule has 1 aromatic carbocycles. The van der Waals surface area contributed by atoms with Crippen LogP contribution in [0.5, 0.6) is 0 Å². The number of carbonyl (C=O) groups is 3. The van der Waals surface area contributed by atoms with Gasteiger partial charge in [-0.05, 0) is 105 Å². The second kappa shape index (κ2) is 20.0. The van der Waals surface area contributed by atoms with Crippen LogP contribution < -0.4 is 11.1 Å². The fourth-order valence-electron chi connectivity index (χ4n) is 9.72. The van der Waals surface area contributed by atoms with E-state index in [9.17, 15) is 19.5 Å². The molecule has 0 bridgehead atoms. The van der Waals surface area contributed by atoms with E-state index in [0.717, 1.165) is 11.3 Å². The molecule has 1 amide bonds. The Kier molecular flexibility index (Phi) is 15.8. The van der Waals surface area contributed by atoms with Crippen LogP contribution in [-0.2, 0) is 39.8 Å². The number of likely N-dealkylation sites (N-methyl/N-ethyl adjacent to an activating group) is 1. The van der Waals surface area contributed by atoms with Crippen molar-refractivity contribution in [3.8, 4) is 11.3 Å². The molecule has 0 aliphatic carbocycles. The Morgan fingerprint density at radius 2 is 1.78 bits per heavy atom. The van der Waals surface area contributed by atoms with Crippen LogP contribution in [0.2, 0.25) is 0 Å². The summed E-state index contributed by atoms with van der Waals surface area (Å²) in [5, 5.41) is 23.8. The molecule has 16 heteroatoms. The van der Waals surface area contributed by atoms with Gasteiger partial charge in [-0.3, -0.25) is 19.2 Å². The monoisotopic (exact) mass is 842 g/mol. The maximum atomic E-state index is 14.6. The van der Waals surface area contributed by atoms with Gasteiger partial charge in [0, 0.05) is 49.5 Å². The lowest BCUT2D eigenvalue weighted by Gasteiger charge is -2.46. The van der Waals surface area contributed by atoms with E-state index in [-0.39, 0.29) is 36.3 Å². The van der Waals surface area contributed by atoms with Gasteiger partial charge < -0.3 is 44.7 Å². The maximum absolute atomic E-state index is 14.6. The van der Waals surface area contributed by atoms with Crippen LogP contribution in [-0.4, -0.2) is 142 Å². The van der Waals surface area contributed by atoms with Crippen LogP contribution in [0.15, 0.2) is 30.5 Å². The number of amides is 1. The number of aromatic nitrogens is 3. The van der Waals surface area contributed by atoms with E-state index < -0.39 is 65.7 Å². The van der Waals surface area contributed by atoms with E-state index in [1.54, 1.807) is 30.5 Å². The van der Waals surface area contributed by atoms with Crippen LogP contribution >= 0.6 is 0 Å². The number of esters is 1. The second-order valence-corrected chi connectivity index (χ2v) is 18.0. The molecule has 336 valence electrons. The SMILES string of the molecule is CC[C@H]1C(=O)O[C@H](CC)[C@@]2(C)OC(=O)N(CCCCn3cc(-c4cccc(N)c4)nn3)[C@@H]2[C@@H](C)NC[C@H](C)C[C@@](C)(OC)[C@H](O[C@@H]2OC(C)CC(N(C)C)C2O)[C@@H](C)C1=O. The number of fused-ring (bicyclic) bond motifs is 1. The number of methoxy groups -OCH3 is 1. The molecule has 16 nitrogen and oxygen atoms in total. The molecule has 5 rings (SSSR count). The molecular formula is C44H71N7O9. The standard InChI is InChI=1S/C44H71N7O9/c1-12-32-36(52)28(5)39(59-41-37(53)34(49(9)10)21-27(4)57-41)43(7,56-11)23-26(3)24-46-29(6)38-44(8,35(13-2)58-40(32)54)60-42(55)51(38)20-15-14-19-50-25-33(47-48-50)30-17-16-18-31(45)22-30/h16-18,22,25-29,32,34-35,37-39,41,46,53H,12-15,19-21,23-24,45H2,1-11H3/t26-,27?,28+,29-,32-,34?,35-,37?,38-,39-,41+,43-,44-/m1/s1. The molecular weight excluding hydrogens is 771 g/mol. The zero-order valence-electron chi connectivity index (χ0n) is 37.6. The third-order valence-electron chi connectivity index (χ3n) is 13.1. The largest absolute Gasteiger partial charge is 0.457 e. The van der Waals surface area contributed by atoms with Crippen LogP contribution in [0.25, 0.3) is 11.3 Å². The Morgan fingerprint density at radius 3 is 2.43 bits per heavy atom. The predicted octanol–water partition coefficient (Wildman–Crippen LogP) is 4.67. The Labute approximate surface area is 356 Å². The number of anilines is 1. The summed E-state index contributed by atoms with van der Waals surface area (Å²) >= 11 is 0. The van der Waals surface area contributed by atoms with E-state index in [0.29, 0.717) is 57.4 Å². The highest BCUT2D eigenvalue weighted by Crippen LogP contribution is 2.40. The molecule has 2 aromatic rings. The smallest absolute Gasteiger partial charge is 0.410 e. The number of Topliss-reactive ketones (excluding diaryl/α,β-unsaturated/α-hetero) is 1. The third-order valence-corrected chi connectivity index (χ3v) is 13.1. The molecule has 3 saturated heterocycles. The van der Waals surface area contributed by atoms with Crippen molar-refractivity contribution in [2.75, 3.05) is 40.0 Å². The number of hydrogen-bond acceptors (Lipinski definition) is 14. The van der Waals surface area contributed by atoms with Crippen molar-refractivity contribution in [2.24, 2.45) is 17.8 Å². The van der Waals surface area contributed by atoms with E-state index >= 15 is 0 Å². The number of aliphatic hydroxyl groups excluding tert-OH is 1. The Balaban J connectivity index is 1.40. The van der Waals surface area contributed by atoms with Crippen molar-refractivity contribution in [2.45, 2.75) is 160 Å². The topological polar surface area (TPSA) is 193 Å². The highest BCUT2D eigenvalue weighted by atomic mass is 16.7. The van der Waals surface area contributed by atoms with E-state index in [2.05, 4.69) is 22.6 Å². The summed E-state index contributed by atoms with van der Waals surface area (Å²) in [6, 6.07) is 6.46. The zero-order chi connectivity index (χ0) is 44.1. The maximum Gasteiger partial charge on any atom is 0.410 e. The van der Waals surface area contributed by atoms with Gasteiger partial charge in [0.05, 0.1) is 30.0 Å². The molecule has 4 heterocycles. The molecule has 3 fully saturated rings. The number of carbonyl (C=O) groups excluding carboxylic acids is 3. The average molecular weight is 842 g/mol. The number of aliphatic hydroxyl groups is 1. The zero-order valence-corrected chi connectivity index (χ0v) is 37.6. The van der Waals surface area contributed by atoms with Crippen LogP contribution in [0.4, 0.5) is 10.5 Å². The lowest BCUT2D eigenvalue weighted by Crippen LogP contribution is -2.61. The second-order valence-electron chi connectivity index (χ2n) is 18.0. The van der Waals surface area contributed by atoms with Crippen LogP contribution in [0.3, 0.4) is 0 Å². The molecule has 3 unspecified atom stereocenters. The summed E-state index contributed by atoms with van der Waals surface area (Å²) in [6.45, 7) is 16.7. The van der Waals surface area contributed by atoms with Crippen molar-refractivity contribution < 1.29 is 43.2 Å². The Bertz CT molecular complexity index is 1760. The molecule has 0 radical (unpaired) electrons. The average Bonchev–Trinajstić information content (AvgIpc) is 3.78. The van der Waals surface area contributed by atoms with Crippen LogP contribution in [0, 0.1) is 17.8 Å². The number of aryl methyl sites for hydroxylation is 1. The lowest BCUT2D eigenvalue weighted by molar-refractivity contribution is -0.295. The molecule has 13 atom stereocenters. The first kappa shape index (κ1) is 47.4. The fourth-order valence-corrected chi connectivity index (χ4v) is 9.72.